The monoisotopic (exact) mass is 616 g/mol. The molecule has 12 rings (SSSR count). The summed E-state index contributed by atoms with van der Waals surface area (Å²) in [5.74, 6) is 0. The van der Waals surface area contributed by atoms with Crippen molar-refractivity contribution in [3.8, 4) is 22.3 Å². The summed E-state index contributed by atoms with van der Waals surface area (Å²) >= 11 is 0. The van der Waals surface area contributed by atoms with Crippen LogP contribution in [0.25, 0.3) is 86.9 Å². The molecule has 0 saturated carbocycles. The normalized spacial score (nSPS) is 13.9. The van der Waals surface area contributed by atoms with Gasteiger partial charge in [-0.05, 0) is 146 Å². The first-order chi connectivity index (χ1) is 24.3. The Balaban J connectivity index is 1.16. The molecule has 0 fully saturated rings. The van der Waals surface area contributed by atoms with Crippen LogP contribution in [0.15, 0.2) is 170 Å². The molecule has 0 unspecified atom stereocenters. The van der Waals surface area contributed by atoms with Crippen molar-refractivity contribution < 1.29 is 0 Å². The first kappa shape index (κ1) is 25.8. The van der Waals surface area contributed by atoms with E-state index >= 15 is 0 Å². The molecule has 10 aromatic carbocycles. The quantitative estimate of drug-likeness (QED) is 0.170. The van der Waals surface area contributed by atoms with Crippen LogP contribution in [0.3, 0.4) is 0 Å². The first-order valence-electron chi connectivity index (χ1n) is 17.3. The second-order valence-corrected chi connectivity index (χ2v) is 14.0. The maximum atomic E-state index is 2.53. The third kappa shape index (κ3) is 3.11. The first-order valence-corrected chi connectivity index (χ1v) is 17.3. The predicted octanol–water partition coefficient (Wildman–Crippen LogP) is 12.9. The largest absolute Gasteiger partial charge is 0.0726 e. The predicted molar refractivity (Wildman–Crippen MR) is 208 cm³/mol. The van der Waals surface area contributed by atoms with Crippen LogP contribution in [0.1, 0.15) is 22.3 Å². The fourth-order valence-electron chi connectivity index (χ4n) is 9.76. The lowest BCUT2D eigenvalue weighted by Gasteiger charge is -2.52. The van der Waals surface area contributed by atoms with Gasteiger partial charge in [0.05, 0.1) is 5.41 Å². The number of fused-ring (bicyclic) bond motifs is 8. The van der Waals surface area contributed by atoms with E-state index < -0.39 is 0 Å². The van der Waals surface area contributed by atoms with Crippen molar-refractivity contribution in [3.05, 3.63) is 192 Å². The van der Waals surface area contributed by atoms with E-state index in [0.29, 0.717) is 0 Å². The van der Waals surface area contributed by atoms with Gasteiger partial charge in [0.2, 0.25) is 0 Å². The lowest BCUT2D eigenvalue weighted by molar-refractivity contribution is 0.702. The third-order valence-corrected chi connectivity index (χ3v) is 11.7. The minimum absolute atomic E-state index is 0.240. The van der Waals surface area contributed by atoms with E-state index in [4.69, 9.17) is 0 Å². The van der Waals surface area contributed by atoms with Crippen LogP contribution in [-0.4, -0.2) is 0 Å². The number of hydrogen-bond donors (Lipinski definition) is 0. The molecule has 10 aromatic rings. The van der Waals surface area contributed by atoms with E-state index in [0.717, 1.165) is 0 Å². The summed E-state index contributed by atoms with van der Waals surface area (Å²) in [6.07, 6.45) is 0. The molecular formula is C49H28. The average molecular weight is 617 g/mol. The van der Waals surface area contributed by atoms with Gasteiger partial charge in [-0.15, -0.1) is 0 Å². The van der Waals surface area contributed by atoms with Crippen molar-refractivity contribution in [2.24, 2.45) is 0 Å². The van der Waals surface area contributed by atoms with Crippen molar-refractivity contribution >= 4 is 64.6 Å². The molecule has 49 heavy (non-hydrogen) atoms. The summed E-state index contributed by atoms with van der Waals surface area (Å²) in [6.45, 7) is 0. The SMILES string of the molecule is c1ccc2c(-c3cc4c5c(cccc5c3)C43c4cccc5cc(-c6c7ccccc7cc7ccccc67)cc3c45)c3ccccc3cc2c1. The van der Waals surface area contributed by atoms with E-state index in [1.165, 1.54) is 109 Å². The fourth-order valence-corrected chi connectivity index (χ4v) is 9.76. The zero-order valence-electron chi connectivity index (χ0n) is 26.7. The Kier molecular flexibility index (Phi) is 4.74. The Bertz CT molecular complexity index is 2780. The van der Waals surface area contributed by atoms with Crippen molar-refractivity contribution in [1.82, 2.24) is 0 Å². The van der Waals surface area contributed by atoms with E-state index in [2.05, 4.69) is 170 Å². The molecule has 0 heteroatoms. The van der Waals surface area contributed by atoms with Gasteiger partial charge in [-0.2, -0.15) is 0 Å². The Morgan fingerprint density at radius 1 is 0.265 bits per heavy atom. The zero-order chi connectivity index (χ0) is 31.8. The second kappa shape index (κ2) is 9.01. The number of rotatable bonds is 2. The Morgan fingerprint density at radius 2 is 0.612 bits per heavy atom. The molecular weight excluding hydrogens is 589 g/mol. The van der Waals surface area contributed by atoms with Gasteiger partial charge in [0.1, 0.15) is 0 Å². The molecule has 0 atom stereocenters. The van der Waals surface area contributed by atoms with E-state index in [9.17, 15) is 0 Å². The van der Waals surface area contributed by atoms with Gasteiger partial charge in [-0.25, -0.2) is 0 Å². The number of hydrogen-bond acceptors (Lipinski definition) is 0. The van der Waals surface area contributed by atoms with Crippen LogP contribution < -0.4 is 0 Å². The van der Waals surface area contributed by atoms with Gasteiger partial charge in [0.25, 0.3) is 0 Å². The van der Waals surface area contributed by atoms with Crippen molar-refractivity contribution in [2.75, 3.05) is 0 Å². The molecule has 1 spiro atoms. The molecule has 2 aliphatic carbocycles. The molecule has 0 aromatic heterocycles. The van der Waals surface area contributed by atoms with Crippen molar-refractivity contribution in [3.63, 3.8) is 0 Å². The highest BCUT2D eigenvalue weighted by molar-refractivity contribution is 6.18. The van der Waals surface area contributed by atoms with Gasteiger partial charge in [0, 0.05) is 0 Å². The van der Waals surface area contributed by atoms with Crippen LogP contribution in [0, 0.1) is 0 Å². The topological polar surface area (TPSA) is 0 Å². The highest BCUT2D eigenvalue weighted by Gasteiger charge is 2.55. The molecule has 0 bridgehead atoms. The Labute approximate surface area is 283 Å². The van der Waals surface area contributed by atoms with Crippen molar-refractivity contribution in [1.29, 1.82) is 0 Å². The molecule has 0 radical (unpaired) electrons. The van der Waals surface area contributed by atoms with Crippen LogP contribution in [-0.2, 0) is 5.41 Å². The molecule has 0 amide bonds. The standard InChI is InChI=1S/C49H28/c1-5-17-37-29(11-1)23-30-12-2-6-18-38(30)45(37)35-25-33-15-9-21-41-47(33)43(27-35)49(41)42-22-10-16-34-26-36(28-44(49)48(34)42)46-39-19-7-3-13-31(39)24-32-14-4-8-20-40(32)46/h1-28H. The number of benzene rings is 10. The lowest BCUT2D eigenvalue weighted by Crippen LogP contribution is -2.43. The fraction of sp³-hybridized carbons (Fsp3) is 0.0204. The molecule has 0 saturated heterocycles. The summed E-state index contributed by atoms with van der Waals surface area (Å²) < 4.78 is 0. The van der Waals surface area contributed by atoms with Crippen molar-refractivity contribution in [2.45, 2.75) is 5.41 Å². The van der Waals surface area contributed by atoms with Crippen LogP contribution in [0.2, 0.25) is 0 Å². The summed E-state index contributed by atoms with van der Waals surface area (Å²) in [5.41, 5.74) is 10.8. The van der Waals surface area contributed by atoms with Gasteiger partial charge >= 0.3 is 0 Å². The summed E-state index contributed by atoms with van der Waals surface area (Å²) in [4.78, 5) is 0. The maximum Gasteiger partial charge on any atom is 0.0726 e. The minimum atomic E-state index is -0.240. The highest BCUT2D eigenvalue weighted by atomic mass is 14.6. The van der Waals surface area contributed by atoms with Gasteiger partial charge < -0.3 is 0 Å². The summed E-state index contributed by atoms with van der Waals surface area (Å²) in [7, 11) is 0. The van der Waals surface area contributed by atoms with Gasteiger partial charge in [-0.3, -0.25) is 0 Å². The molecule has 0 nitrogen and oxygen atoms in total. The maximum absolute atomic E-state index is 2.53. The van der Waals surface area contributed by atoms with E-state index in [1.54, 1.807) is 0 Å². The molecule has 0 heterocycles. The van der Waals surface area contributed by atoms with E-state index in [1.807, 2.05) is 0 Å². The van der Waals surface area contributed by atoms with Crippen LogP contribution in [0.4, 0.5) is 0 Å². The van der Waals surface area contributed by atoms with Gasteiger partial charge in [0.15, 0.2) is 0 Å². The zero-order valence-corrected chi connectivity index (χ0v) is 26.7. The van der Waals surface area contributed by atoms with Crippen LogP contribution in [0.5, 0.6) is 0 Å². The second-order valence-electron chi connectivity index (χ2n) is 14.0. The summed E-state index contributed by atoms with van der Waals surface area (Å²) in [5, 5.41) is 15.8. The summed E-state index contributed by atoms with van der Waals surface area (Å²) in [6, 6.07) is 64.0. The minimum Gasteiger partial charge on any atom is -0.0616 e. The van der Waals surface area contributed by atoms with Crippen LogP contribution >= 0.6 is 0 Å². The smallest absolute Gasteiger partial charge is 0.0616 e. The third-order valence-electron chi connectivity index (χ3n) is 11.7. The Hall–Kier alpha value is -6.24. The highest BCUT2D eigenvalue weighted by Crippen LogP contribution is 2.66. The average Bonchev–Trinajstić information content (AvgIpc) is 3.14. The molecule has 2 aliphatic rings. The molecule has 0 N–H and O–H groups in total. The van der Waals surface area contributed by atoms with Gasteiger partial charge in [-0.1, -0.05) is 133 Å². The molecule has 0 aliphatic heterocycles. The lowest BCUT2D eigenvalue weighted by atomic mass is 9.48. The Morgan fingerprint density at radius 3 is 1.00 bits per heavy atom. The molecule has 224 valence electrons. The van der Waals surface area contributed by atoms with E-state index in [-0.39, 0.29) is 5.41 Å².